The van der Waals surface area contributed by atoms with Gasteiger partial charge in [-0.25, -0.2) is 4.99 Å². The normalized spacial score (nSPS) is 24.9. The van der Waals surface area contributed by atoms with E-state index in [1.165, 1.54) is 0 Å². The molecule has 0 unspecified atom stereocenters. The largest absolute Gasteiger partial charge is 0.493 e. The average Bonchev–Trinajstić information content (AvgIpc) is 3.17. The lowest BCUT2D eigenvalue weighted by Crippen LogP contribution is -2.36. The second-order valence-electron chi connectivity index (χ2n) is 8.66. The minimum atomic E-state index is -0.507. The standard InChI is InChI=1S/C26H34N2O4/c1-7-17-13-18(14-22(31-5)24(17)32-6)21(8-2)28-23-16(3)27-15-20(23)25(30)26(4)11-9-19(29)10-12-26/h8,13-15,19,27,29H,3,7,9-12H2,1-2,4-6H3/b21-8-,28-23?. The molecular weight excluding hydrogens is 404 g/mol. The molecule has 0 atom stereocenters. The average molecular weight is 439 g/mol. The van der Waals surface area contributed by atoms with Gasteiger partial charge in [-0.3, -0.25) is 4.79 Å². The van der Waals surface area contributed by atoms with Gasteiger partial charge in [-0.1, -0.05) is 26.5 Å². The molecule has 0 aromatic heterocycles. The van der Waals surface area contributed by atoms with Crippen LogP contribution in [0.1, 0.15) is 57.6 Å². The molecule has 2 N–H and O–H groups in total. The Morgan fingerprint density at radius 1 is 1.31 bits per heavy atom. The first-order valence-corrected chi connectivity index (χ1v) is 11.2. The summed E-state index contributed by atoms with van der Waals surface area (Å²) in [6, 6.07) is 3.94. The van der Waals surface area contributed by atoms with E-state index in [0.29, 0.717) is 48.4 Å². The fraction of sp³-hybridized carbons (Fsp3) is 0.462. The molecule has 1 aliphatic carbocycles. The Balaban J connectivity index is 1.99. The number of benzene rings is 1. The minimum absolute atomic E-state index is 0.0475. The number of aliphatic imine (C=N–C) groups is 1. The van der Waals surface area contributed by atoms with E-state index in [2.05, 4.69) is 18.8 Å². The summed E-state index contributed by atoms with van der Waals surface area (Å²) in [6.45, 7) is 10.0. The van der Waals surface area contributed by atoms with Crippen molar-refractivity contribution < 1.29 is 19.4 Å². The van der Waals surface area contributed by atoms with Gasteiger partial charge in [0, 0.05) is 17.2 Å². The molecule has 172 valence electrons. The van der Waals surface area contributed by atoms with Gasteiger partial charge in [0.25, 0.3) is 0 Å². The number of Topliss-reactive ketones (excluding diaryl/α,β-unsaturated/α-hetero) is 1. The number of hydrogen-bond acceptors (Lipinski definition) is 6. The Bertz CT molecular complexity index is 970. The van der Waals surface area contributed by atoms with Crippen molar-refractivity contribution in [2.45, 2.75) is 59.0 Å². The predicted octanol–water partition coefficient (Wildman–Crippen LogP) is 4.58. The Morgan fingerprint density at radius 3 is 2.56 bits per heavy atom. The van der Waals surface area contributed by atoms with E-state index in [1.54, 1.807) is 20.4 Å². The maximum Gasteiger partial charge on any atom is 0.172 e. The van der Waals surface area contributed by atoms with E-state index in [1.807, 2.05) is 32.1 Å². The maximum atomic E-state index is 13.5. The SMILES string of the molecule is C=C1NC=C(C(=O)C2(C)CCC(O)CC2)C1=N/C(=C\C)c1cc(CC)c(OC)c(OC)c1. The first-order valence-electron chi connectivity index (χ1n) is 11.2. The van der Waals surface area contributed by atoms with Crippen molar-refractivity contribution in [1.29, 1.82) is 0 Å². The monoisotopic (exact) mass is 438 g/mol. The van der Waals surface area contributed by atoms with Crippen LogP contribution >= 0.6 is 0 Å². The minimum Gasteiger partial charge on any atom is -0.493 e. The van der Waals surface area contributed by atoms with Gasteiger partial charge in [-0.15, -0.1) is 0 Å². The number of rotatable bonds is 7. The van der Waals surface area contributed by atoms with Crippen molar-refractivity contribution >= 4 is 17.2 Å². The van der Waals surface area contributed by atoms with Crippen molar-refractivity contribution in [2.24, 2.45) is 10.4 Å². The smallest absolute Gasteiger partial charge is 0.172 e. The van der Waals surface area contributed by atoms with Crippen LogP contribution < -0.4 is 14.8 Å². The number of carbonyl (C=O) groups is 1. The number of methoxy groups -OCH3 is 2. The summed E-state index contributed by atoms with van der Waals surface area (Å²) in [6.07, 6.45) is 6.69. The van der Waals surface area contributed by atoms with Crippen LogP contribution in [0.25, 0.3) is 5.70 Å². The summed E-state index contributed by atoms with van der Waals surface area (Å²) < 4.78 is 11.1. The van der Waals surface area contributed by atoms with Crippen LogP contribution in [-0.4, -0.2) is 36.9 Å². The Kier molecular flexibility index (Phi) is 7.24. The van der Waals surface area contributed by atoms with Crippen molar-refractivity contribution in [1.82, 2.24) is 5.32 Å². The lowest BCUT2D eigenvalue weighted by Gasteiger charge is -2.34. The molecule has 0 spiro atoms. The third-order valence-electron chi connectivity index (χ3n) is 6.52. The summed E-state index contributed by atoms with van der Waals surface area (Å²) in [4.78, 5) is 18.4. The van der Waals surface area contributed by atoms with Crippen LogP contribution in [0.3, 0.4) is 0 Å². The van der Waals surface area contributed by atoms with E-state index >= 15 is 0 Å². The number of aliphatic hydroxyl groups excluding tert-OH is 1. The van der Waals surface area contributed by atoms with Crippen LogP contribution in [0.2, 0.25) is 0 Å². The van der Waals surface area contributed by atoms with E-state index in [4.69, 9.17) is 14.5 Å². The highest BCUT2D eigenvalue weighted by atomic mass is 16.5. The highest BCUT2D eigenvalue weighted by Gasteiger charge is 2.41. The fourth-order valence-electron chi connectivity index (χ4n) is 4.42. The molecule has 1 aromatic carbocycles. The number of nitrogens with zero attached hydrogens (tertiary/aromatic N) is 1. The number of carbonyl (C=O) groups excluding carboxylic acids is 1. The van der Waals surface area contributed by atoms with Crippen molar-refractivity contribution in [2.75, 3.05) is 14.2 Å². The third kappa shape index (κ3) is 4.51. The number of aliphatic hydroxyl groups is 1. The lowest BCUT2D eigenvalue weighted by molar-refractivity contribution is -0.126. The third-order valence-corrected chi connectivity index (χ3v) is 6.52. The van der Waals surface area contributed by atoms with Gasteiger partial charge in [0.15, 0.2) is 17.3 Å². The second kappa shape index (κ2) is 9.74. The molecule has 32 heavy (non-hydrogen) atoms. The summed E-state index contributed by atoms with van der Waals surface area (Å²) in [5.74, 6) is 1.41. The number of aryl methyl sites for hydroxylation is 1. The van der Waals surface area contributed by atoms with Gasteiger partial charge in [-0.05, 0) is 56.7 Å². The van der Waals surface area contributed by atoms with Crippen LogP contribution in [0, 0.1) is 5.41 Å². The summed E-state index contributed by atoms with van der Waals surface area (Å²) >= 11 is 0. The molecule has 6 heteroatoms. The zero-order valence-electron chi connectivity index (χ0n) is 19.7. The first kappa shape index (κ1) is 23.8. The van der Waals surface area contributed by atoms with Crippen molar-refractivity contribution in [3.05, 3.63) is 53.4 Å². The van der Waals surface area contributed by atoms with Crippen LogP contribution in [0.4, 0.5) is 0 Å². The van der Waals surface area contributed by atoms with Crippen LogP contribution in [0.15, 0.2) is 47.3 Å². The lowest BCUT2D eigenvalue weighted by atomic mass is 9.70. The molecule has 0 radical (unpaired) electrons. The molecule has 1 heterocycles. The van der Waals surface area contributed by atoms with Gasteiger partial charge < -0.3 is 19.9 Å². The second-order valence-corrected chi connectivity index (χ2v) is 8.66. The van der Waals surface area contributed by atoms with Gasteiger partial charge in [-0.2, -0.15) is 0 Å². The molecule has 1 aliphatic heterocycles. The summed E-state index contributed by atoms with van der Waals surface area (Å²) in [7, 11) is 3.25. The Hall–Kier alpha value is -2.86. The maximum absolute atomic E-state index is 13.5. The zero-order valence-corrected chi connectivity index (χ0v) is 19.7. The first-order chi connectivity index (χ1) is 15.3. The Morgan fingerprint density at radius 2 is 2.00 bits per heavy atom. The number of nitrogens with one attached hydrogen (secondary N) is 1. The van der Waals surface area contributed by atoms with Gasteiger partial charge in [0.2, 0.25) is 0 Å². The van der Waals surface area contributed by atoms with Gasteiger partial charge in [0.1, 0.15) is 0 Å². The Labute approximate surface area is 190 Å². The quantitative estimate of drug-likeness (QED) is 0.651. The summed E-state index contributed by atoms with van der Waals surface area (Å²) in [5, 5.41) is 13.0. The predicted molar refractivity (Wildman–Crippen MR) is 128 cm³/mol. The molecule has 0 amide bonds. The summed E-state index contributed by atoms with van der Waals surface area (Å²) in [5.41, 5.74) is 3.82. The number of allylic oxidation sites excluding steroid dienone is 2. The number of ether oxygens (including phenoxy) is 2. The van der Waals surface area contributed by atoms with Gasteiger partial charge in [0.05, 0.1) is 43.0 Å². The zero-order chi connectivity index (χ0) is 23.5. The molecule has 1 saturated carbocycles. The van der Waals surface area contributed by atoms with Crippen LogP contribution in [-0.2, 0) is 11.2 Å². The van der Waals surface area contributed by atoms with E-state index < -0.39 is 5.41 Å². The topological polar surface area (TPSA) is 80.2 Å². The molecular formula is C26H34N2O4. The molecule has 3 rings (SSSR count). The van der Waals surface area contributed by atoms with Crippen molar-refractivity contribution in [3.63, 3.8) is 0 Å². The molecule has 2 aliphatic rings. The number of ketones is 1. The van der Waals surface area contributed by atoms with Crippen LogP contribution in [0.5, 0.6) is 11.5 Å². The van der Waals surface area contributed by atoms with E-state index in [0.717, 1.165) is 29.0 Å². The molecule has 6 nitrogen and oxygen atoms in total. The number of hydrogen-bond donors (Lipinski definition) is 2. The highest BCUT2D eigenvalue weighted by Crippen LogP contribution is 2.40. The highest BCUT2D eigenvalue weighted by molar-refractivity contribution is 6.31. The van der Waals surface area contributed by atoms with Crippen molar-refractivity contribution in [3.8, 4) is 11.5 Å². The molecule has 1 aromatic rings. The van der Waals surface area contributed by atoms with E-state index in [9.17, 15) is 9.90 Å². The van der Waals surface area contributed by atoms with Gasteiger partial charge >= 0.3 is 0 Å². The van der Waals surface area contributed by atoms with E-state index in [-0.39, 0.29) is 11.9 Å². The molecule has 0 bridgehead atoms. The molecule has 1 fully saturated rings. The fourth-order valence-corrected chi connectivity index (χ4v) is 4.42. The molecule has 0 saturated heterocycles.